The Balaban J connectivity index is 1.65. The number of imidazole rings is 1. The lowest BCUT2D eigenvalue weighted by Gasteiger charge is -2.21. The van der Waals surface area contributed by atoms with E-state index in [0.29, 0.717) is 25.2 Å². The Kier molecular flexibility index (Phi) is 7.22. The summed E-state index contributed by atoms with van der Waals surface area (Å²) in [5, 5.41) is 11.1. The van der Waals surface area contributed by atoms with Gasteiger partial charge in [0.2, 0.25) is 11.8 Å². The first-order chi connectivity index (χ1) is 14.0. The van der Waals surface area contributed by atoms with Gasteiger partial charge in [0.1, 0.15) is 6.04 Å². The maximum Gasteiger partial charge on any atom is 0.329 e. The molecule has 2 heterocycles. The molecule has 1 atom stereocenters. The number of unbranched alkanes of at least 4 members (excludes halogenated alkanes) is 2. The monoisotopic (exact) mass is 403 g/mol. The normalized spacial score (nSPS) is 17.1. The summed E-state index contributed by atoms with van der Waals surface area (Å²) in [4.78, 5) is 36.4. The molecule has 2 N–H and O–H groups in total. The summed E-state index contributed by atoms with van der Waals surface area (Å²) < 4.78 is 8.68. The molecule has 2 aromatic rings. The van der Waals surface area contributed by atoms with Crippen LogP contribution < -0.4 is 11.0 Å². The lowest BCUT2D eigenvalue weighted by atomic mass is 10.1. The van der Waals surface area contributed by atoms with E-state index < -0.39 is 11.9 Å². The molecule has 158 valence electrons. The van der Waals surface area contributed by atoms with E-state index in [2.05, 4.69) is 5.32 Å². The van der Waals surface area contributed by atoms with E-state index in [4.69, 9.17) is 9.84 Å². The second-order valence-corrected chi connectivity index (χ2v) is 7.50. The first-order valence-corrected chi connectivity index (χ1v) is 10.2. The van der Waals surface area contributed by atoms with Crippen LogP contribution in [0.1, 0.15) is 50.1 Å². The Morgan fingerprint density at radius 1 is 1.10 bits per heavy atom. The fraction of sp³-hybridized carbons (Fsp3) is 0.571. The van der Waals surface area contributed by atoms with Crippen LogP contribution in [-0.4, -0.2) is 45.9 Å². The van der Waals surface area contributed by atoms with E-state index >= 15 is 0 Å². The molecule has 1 fully saturated rings. The van der Waals surface area contributed by atoms with E-state index in [-0.39, 0.29) is 24.6 Å². The summed E-state index contributed by atoms with van der Waals surface area (Å²) in [5.74, 6) is -0.714. The number of amides is 2. The molecule has 29 heavy (non-hydrogen) atoms. The van der Waals surface area contributed by atoms with Gasteiger partial charge in [-0.25, -0.2) is 4.79 Å². The molecule has 0 aliphatic carbocycles. The lowest BCUT2D eigenvalue weighted by Crippen LogP contribution is -2.44. The lowest BCUT2D eigenvalue weighted by molar-refractivity contribution is -0.135. The average Bonchev–Trinajstić information content (AvgIpc) is 2.95. The second kappa shape index (κ2) is 9.84. The van der Waals surface area contributed by atoms with Crippen LogP contribution in [0.3, 0.4) is 0 Å². The SMILES string of the molecule is Cn1c(=O)n(C2CCC(=O)NC2=O)c2ccc(CCCOCCCCCO)cc21. The van der Waals surface area contributed by atoms with Crippen LogP contribution in [-0.2, 0) is 27.8 Å². The standard InChI is InChI=1S/C21H29N3O5/c1-23-18-14-15(6-5-13-29-12-4-2-3-11-25)7-8-16(18)24(21(23)28)17-9-10-19(26)22-20(17)27/h7-8,14,17,25H,2-6,9-13H2,1H3,(H,22,26,27). The Morgan fingerprint density at radius 3 is 2.66 bits per heavy atom. The van der Waals surface area contributed by atoms with Crippen LogP contribution >= 0.6 is 0 Å². The van der Waals surface area contributed by atoms with Gasteiger partial charge in [-0.3, -0.25) is 24.0 Å². The second-order valence-electron chi connectivity index (χ2n) is 7.50. The zero-order valence-electron chi connectivity index (χ0n) is 16.9. The van der Waals surface area contributed by atoms with Crippen molar-refractivity contribution in [3.05, 3.63) is 34.2 Å². The molecule has 1 saturated heterocycles. The molecule has 0 bridgehead atoms. The highest BCUT2D eigenvalue weighted by Crippen LogP contribution is 2.24. The molecular formula is C21H29N3O5. The molecule has 8 heteroatoms. The Bertz CT molecular complexity index is 930. The number of fused-ring (bicyclic) bond motifs is 1. The minimum atomic E-state index is -0.658. The van der Waals surface area contributed by atoms with Crippen LogP contribution in [0.5, 0.6) is 0 Å². The molecule has 2 amide bonds. The first-order valence-electron chi connectivity index (χ1n) is 10.2. The van der Waals surface area contributed by atoms with Crippen molar-refractivity contribution in [2.24, 2.45) is 7.05 Å². The fourth-order valence-corrected chi connectivity index (χ4v) is 3.77. The molecule has 1 aromatic carbocycles. The highest BCUT2D eigenvalue weighted by Gasteiger charge is 2.31. The van der Waals surface area contributed by atoms with Gasteiger partial charge in [-0.2, -0.15) is 0 Å². The number of nitrogens with one attached hydrogen (secondary N) is 1. The Hall–Kier alpha value is -2.45. The predicted octanol–water partition coefficient (Wildman–Crippen LogP) is 1.43. The fourth-order valence-electron chi connectivity index (χ4n) is 3.77. The van der Waals surface area contributed by atoms with E-state index in [9.17, 15) is 14.4 Å². The van der Waals surface area contributed by atoms with Crippen molar-refractivity contribution in [1.29, 1.82) is 0 Å². The van der Waals surface area contributed by atoms with Gasteiger partial charge in [-0.05, 0) is 56.2 Å². The first kappa shape index (κ1) is 21.3. The van der Waals surface area contributed by atoms with Crippen LogP contribution in [0.25, 0.3) is 11.0 Å². The van der Waals surface area contributed by atoms with Gasteiger partial charge in [0.25, 0.3) is 0 Å². The number of aryl methyl sites for hydroxylation is 2. The topological polar surface area (TPSA) is 103 Å². The maximum atomic E-state index is 12.8. The van der Waals surface area contributed by atoms with Crippen molar-refractivity contribution in [3.63, 3.8) is 0 Å². The molecule has 1 aliphatic heterocycles. The number of carbonyl (C=O) groups excluding carboxylic acids is 2. The number of aliphatic hydroxyl groups is 1. The maximum absolute atomic E-state index is 12.8. The number of hydrogen-bond donors (Lipinski definition) is 2. The quantitative estimate of drug-likeness (QED) is 0.462. The number of aliphatic hydroxyl groups excluding tert-OH is 1. The number of aromatic nitrogens is 2. The zero-order valence-corrected chi connectivity index (χ0v) is 16.9. The predicted molar refractivity (Wildman–Crippen MR) is 109 cm³/mol. The summed E-state index contributed by atoms with van der Waals surface area (Å²) in [6, 6.07) is 5.19. The number of ether oxygens (including phenoxy) is 1. The minimum Gasteiger partial charge on any atom is -0.396 e. The molecule has 3 rings (SSSR count). The molecule has 8 nitrogen and oxygen atoms in total. The van der Waals surface area contributed by atoms with Crippen molar-refractivity contribution in [3.8, 4) is 0 Å². The molecule has 1 aliphatic rings. The summed E-state index contributed by atoms with van der Waals surface area (Å²) in [5.41, 5.74) is 2.34. The summed E-state index contributed by atoms with van der Waals surface area (Å²) in [6.07, 6.45) is 5.05. The van der Waals surface area contributed by atoms with Crippen LogP contribution in [0.2, 0.25) is 0 Å². The molecule has 0 saturated carbocycles. The van der Waals surface area contributed by atoms with Gasteiger partial charge in [-0.1, -0.05) is 6.07 Å². The van der Waals surface area contributed by atoms with E-state index in [1.807, 2.05) is 18.2 Å². The van der Waals surface area contributed by atoms with Gasteiger partial charge in [0, 0.05) is 33.3 Å². The van der Waals surface area contributed by atoms with Gasteiger partial charge >= 0.3 is 5.69 Å². The number of nitrogens with zero attached hydrogens (tertiary/aromatic N) is 2. The third-order valence-electron chi connectivity index (χ3n) is 5.38. The number of piperidine rings is 1. The average molecular weight is 403 g/mol. The summed E-state index contributed by atoms with van der Waals surface area (Å²) >= 11 is 0. The number of carbonyl (C=O) groups is 2. The molecular weight excluding hydrogens is 374 g/mol. The van der Waals surface area contributed by atoms with Crippen molar-refractivity contribution < 1.29 is 19.4 Å². The Labute approximate surface area is 169 Å². The van der Waals surface area contributed by atoms with E-state index in [1.54, 1.807) is 11.6 Å². The third-order valence-corrected chi connectivity index (χ3v) is 5.38. The van der Waals surface area contributed by atoms with Crippen molar-refractivity contribution in [2.45, 2.75) is 51.0 Å². The number of hydrogen-bond acceptors (Lipinski definition) is 5. The van der Waals surface area contributed by atoms with Crippen molar-refractivity contribution in [1.82, 2.24) is 14.5 Å². The molecule has 1 aromatic heterocycles. The van der Waals surface area contributed by atoms with Gasteiger partial charge in [0.15, 0.2) is 0 Å². The molecule has 1 unspecified atom stereocenters. The number of benzene rings is 1. The smallest absolute Gasteiger partial charge is 0.329 e. The molecule has 0 spiro atoms. The van der Waals surface area contributed by atoms with Crippen molar-refractivity contribution in [2.75, 3.05) is 19.8 Å². The van der Waals surface area contributed by atoms with Crippen molar-refractivity contribution >= 4 is 22.8 Å². The van der Waals surface area contributed by atoms with Gasteiger partial charge < -0.3 is 9.84 Å². The van der Waals surface area contributed by atoms with Crippen LogP contribution in [0.15, 0.2) is 23.0 Å². The van der Waals surface area contributed by atoms with Crippen LogP contribution in [0, 0.1) is 0 Å². The minimum absolute atomic E-state index is 0.232. The number of imide groups is 1. The Morgan fingerprint density at radius 2 is 1.90 bits per heavy atom. The third kappa shape index (κ3) is 4.94. The largest absolute Gasteiger partial charge is 0.396 e. The van der Waals surface area contributed by atoms with E-state index in [0.717, 1.165) is 43.2 Å². The highest BCUT2D eigenvalue weighted by molar-refractivity contribution is 6.00. The number of rotatable bonds is 10. The summed E-state index contributed by atoms with van der Waals surface area (Å²) in [7, 11) is 1.70. The zero-order chi connectivity index (χ0) is 20.8. The van der Waals surface area contributed by atoms with E-state index in [1.165, 1.54) is 4.57 Å². The van der Waals surface area contributed by atoms with Gasteiger partial charge in [-0.15, -0.1) is 0 Å². The van der Waals surface area contributed by atoms with Gasteiger partial charge in [0.05, 0.1) is 11.0 Å². The molecule has 0 radical (unpaired) electrons. The highest BCUT2D eigenvalue weighted by atomic mass is 16.5. The van der Waals surface area contributed by atoms with Crippen LogP contribution in [0.4, 0.5) is 0 Å². The summed E-state index contributed by atoms with van der Waals surface area (Å²) in [6.45, 7) is 1.62.